The third kappa shape index (κ3) is 3.25. The van der Waals surface area contributed by atoms with Crippen LogP contribution in [-0.2, 0) is 4.74 Å². The maximum Gasteiger partial charge on any atom is 0.0709 e. The molecule has 78 valence electrons. The smallest absolute Gasteiger partial charge is 0.0709 e. The van der Waals surface area contributed by atoms with Crippen molar-refractivity contribution in [2.45, 2.75) is 51.2 Å². The highest BCUT2D eigenvalue weighted by Crippen LogP contribution is 2.29. The number of hydrogen-bond donors (Lipinski definition) is 2. The molecule has 0 aromatic rings. The van der Waals surface area contributed by atoms with Crippen molar-refractivity contribution in [3.8, 4) is 0 Å². The van der Waals surface area contributed by atoms with Gasteiger partial charge in [0.25, 0.3) is 0 Å². The zero-order valence-corrected chi connectivity index (χ0v) is 8.75. The normalized spacial score (nSPS) is 23.3. The van der Waals surface area contributed by atoms with E-state index in [1.807, 2.05) is 0 Å². The van der Waals surface area contributed by atoms with Crippen LogP contribution in [0.2, 0.25) is 0 Å². The Morgan fingerprint density at radius 3 is 2.54 bits per heavy atom. The van der Waals surface area contributed by atoms with Crippen LogP contribution in [0, 0.1) is 5.92 Å². The zero-order chi connectivity index (χ0) is 9.68. The summed E-state index contributed by atoms with van der Waals surface area (Å²) in [6.07, 6.45) is 6.90. The van der Waals surface area contributed by atoms with Crippen LogP contribution in [0.15, 0.2) is 0 Å². The predicted molar refractivity (Wildman–Crippen MR) is 54.2 cm³/mol. The first-order valence-corrected chi connectivity index (χ1v) is 5.26. The van der Waals surface area contributed by atoms with Crippen molar-refractivity contribution >= 4 is 0 Å². The van der Waals surface area contributed by atoms with E-state index < -0.39 is 0 Å². The van der Waals surface area contributed by atoms with Crippen molar-refractivity contribution in [3.63, 3.8) is 0 Å². The van der Waals surface area contributed by atoms with E-state index in [4.69, 9.17) is 10.6 Å². The molecule has 0 aromatic carbocycles. The molecule has 0 amide bonds. The Hall–Kier alpha value is -0.120. The Morgan fingerprint density at radius 2 is 2.08 bits per heavy atom. The molecule has 13 heavy (non-hydrogen) atoms. The van der Waals surface area contributed by atoms with Gasteiger partial charge in [0.15, 0.2) is 0 Å². The Kier molecular flexibility index (Phi) is 4.70. The van der Waals surface area contributed by atoms with Gasteiger partial charge in [0.1, 0.15) is 0 Å². The Morgan fingerprint density at radius 1 is 1.46 bits per heavy atom. The number of hydrazine groups is 1. The summed E-state index contributed by atoms with van der Waals surface area (Å²) < 4.78 is 5.27. The minimum atomic E-state index is 0.214. The van der Waals surface area contributed by atoms with Gasteiger partial charge in [0, 0.05) is 13.2 Å². The fourth-order valence-corrected chi connectivity index (χ4v) is 2.16. The van der Waals surface area contributed by atoms with Crippen molar-refractivity contribution in [2.24, 2.45) is 11.8 Å². The number of rotatable bonds is 5. The first-order chi connectivity index (χ1) is 6.27. The van der Waals surface area contributed by atoms with Crippen molar-refractivity contribution in [3.05, 3.63) is 0 Å². The van der Waals surface area contributed by atoms with E-state index in [0.29, 0.717) is 6.04 Å². The molecule has 0 aliphatic heterocycles. The van der Waals surface area contributed by atoms with Crippen molar-refractivity contribution in [2.75, 3.05) is 7.11 Å². The summed E-state index contributed by atoms with van der Waals surface area (Å²) >= 11 is 0. The van der Waals surface area contributed by atoms with E-state index in [9.17, 15) is 0 Å². The Labute approximate surface area is 81.0 Å². The summed E-state index contributed by atoms with van der Waals surface area (Å²) in [5.74, 6) is 6.36. The highest BCUT2D eigenvalue weighted by molar-refractivity contribution is 4.78. The van der Waals surface area contributed by atoms with E-state index >= 15 is 0 Å². The molecule has 2 unspecified atom stereocenters. The van der Waals surface area contributed by atoms with Gasteiger partial charge in [-0.3, -0.25) is 11.3 Å². The van der Waals surface area contributed by atoms with Gasteiger partial charge in [-0.05, 0) is 19.3 Å². The van der Waals surface area contributed by atoms with Crippen LogP contribution in [0.25, 0.3) is 0 Å². The van der Waals surface area contributed by atoms with Crippen LogP contribution in [0.5, 0.6) is 0 Å². The first kappa shape index (κ1) is 11.0. The van der Waals surface area contributed by atoms with Crippen LogP contribution in [0.4, 0.5) is 0 Å². The van der Waals surface area contributed by atoms with Crippen LogP contribution in [0.3, 0.4) is 0 Å². The van der Waals surface area contributed by atoms with E-state index in [1.165, 1.54) is 25.7 Å². The molecule has 1 rings (SSSR count). The monoisotopic (exact) mass is 186 g/mol. The lowest BCUT2D eigenvalue weighted by Crippen LogP contribution is -2.44. The third-order valence-electron chi connectivity index (χ3n) is 3.21. The molecule has 3 heteroatoms. The van der Waals surface area contributed by atoms with Gasteiger partial charge in [-0.2, -0.15) is 0 Å². The number of nitrogens with two attached hydrogens (primary N) is 1. The maximum atomic E-state index is 5.50. The molecule has 2 atom stereocenters. The predicted octanol–water partition coefficient (Wildman–Crippen LogP) is 1.43. The molecular weight excluding hydrogens is 164 g/mol. The second-order valence-corrected chi connectivity index (χ2v) is 4.10. The summed E-state index contributed by atoms with van der Waals surface area (Å²) in [5, 5.41) is 0. The molecule has 0 saturated heterocycles. The third-order valence-corrected chi connectivity index (χ3v) is 3.21. The number of hydrogen-bond acceptors (Lipinski definition) is 3. The van der Waals surface area contributed by atoms with Crippen LogP contribution < -0.4 is 11.3 Å². The largest absolute Gasteiger partial charge is 0.380 e. The SMILES string of the molecule is COC(C)C(CC1CCCC1)NN. The minimum absolute atomic E-state index is 0.214. The van der Waals surface area contributed by atoms with Gasteiger partial charge in [-0.15, -0.1) is 0 Å². The van der Waals surface area contributed by atoms with E-state index in [0.717, 1.165) is 12.3 Å². The summed E-state index contributed by atoms with van der Waals surface area (Å²) in [7, 11) is 1.74. The topological polar surface area (TPSA) is 47.3 Å². The number of ether oxygens (including phenoxy) is 1. The standard InChI is InChI=1S/C10H22N2O/c1-8(13-2)10(12-11)7-9-5-3-4-6-9/h8-10,12H,3-7,11H2,1-2H3. The van der Waals surface area contributed by atoms with E-state index in [2.05, 4.69) is 12.3 Å². The molecule has 1 aliphatic rings. The number of nitrogens with one attached hydrogen (secondary N) is 1. The molecule has 0 bridgehead atoms. The van der Waals surface area contributed by atoms with Crippen LogP contribution >= 0.6 is 0 Å². The van der Waals surface area contributed by atoms with Gasteiger partial charge in [-0.1, -0.05) is 25.7 Å². The lowest BCUT2D eigenvalue weighted by molar-refractivity contribution is 0.0741. The average Bonchev–Trinajstić information content (AvgIpc) is 2.65. The molecule has 3 nitrogen and oxygen atoms in total. The molecule has 1 saturated carbocycles. The van der Waals surface area contributed by atoms with Gasteiger partial charge in [0.2, 0.25) is 0 Å². The molecule has 1 fully saturated rings. The summed E-state index contributed by atoms with van der Waals surface area (Å²) in [4.78, 5) is 0. The lowest BCUT2D eigenvalue weighted by Gasteiger charge is -2.24. The average molecular weight is 186 g/mol. The molecule has 1 aliphatic carbocycles. The lowest BCUT2D eigenvalue weighted by atomic mass is 9.96. The Balaban J connectivity index is 2.29. The van der Waals surface area contributed by atoms with Gasteiger partial charge < -0.3 is 4.74 Å². The van der Waals surface area contributed by atoms with Gasteiger partial charge >= 0.3 is 0 Å². The van der Waals surface area contributed by atoms with E-state index in [1.54, 1.807) is 7.11 Å². The van der Waals surface area contributed by atoms with Crippen molar-refractivity contribution < 1.29 is 4.74 Å². The molecule has 3 N–H and O–H groups in total. The maximum absolute atomic E-state index is 5.50. The minimum Gasteiger partial charge on any atom is -0.380 e. The first-order valence-electron chi connectivity index (χ1n) is 5.26. The van der Waals surface area contributed by atoms with Gasteiger partial charge in [-0.25, -0.2) is 0 Å². The molecule has 0 aromatic heterocycles. The zero-order valence-electron chi connectivity index (χ0n) is 8.75. The second-order valence-electron chi connectivity index (χ2n) is 4.10. The highest BCUT2D eigenvalue weighted by atomic mass is 16.5. The van der Waals surface area contributed by atoms with Crippen LogP contribution in [-0.4, -0.2) is 19.3 Å². The second kappa shape index (κ2) is 5.58. The van der Waals surface area contributed by atoms with E-state index in [-0.39, 0.29) is 6.10 Å². The van der Waals surface area contributed by atoms with Gasteiger partial charge in [0.05, 0.1) is 6.10 Å². The Bertz CT molecular complexity index is 135. The van der Waals surface area contributed by atoms with Crippen molar-refractivity contribution in [1.82, 2.24) is 5.43 Å². The molecule has 0 heterocycles. The summed E-state index contributed by atoms with van der Waals surface area (Å²) in [6.45, 7) is 2.07. The van der Waals surface area contributed by atoms with Crippen molar-refractivity contribution in [1.29, 1.82) is 0 Å². The summed E-state index contributed by atoms with van der Waals surface area (Å²) in [6, 6.07) is 0.313. The molecule has 0 radical (unpaired) electrons. The summed E-state index contributed by atoms with van der Waals surface area (Å²) in [5.41, 5.74) is 2.85. The molecular formula is C10H22N2O. The van der Waals surface area contributed by atoms with Crippen LogP contribution in [0.1, 0.15) is 39.0 Å². The fourth-order valence-electron chi connectivity index (χ4n) is 2.16. The molecule has 0 spiro atoms. The quantitative estimate of drug-likeness (QED) is 0.504. The fraction of sp³-hybridized carbons (Fsp3) is 1.00. The highest BCUT2D eigenvalue weighted by Gasteiger charge is 2.22. The number of methoxy groups -OCH3 is 1.